The molecule has 0 saturated heterocycles. The first-order chi connectivity index (χ1) is 7.56. The Morgan fingerprint density at radius 3 is 2.69 bits per heavy atom. The van der Waals surface area contributed by atoms with Gasteiger partial charge in [0.15, 0.2) is 0 Å². The van der Waals surface area contributed by atoms with Gasteiger partial charge in [-0.2, -0.15) is 5.10 Å². The lowest BCUT2D eigenvalue weighted by atomic mass is 10.2. The first-order valence-corrected chi connectivity index (χ1v) is 6.08. The Morgan fingerprint density at radius 1 is 1.44 bits per heavy atom. The normalized spacial score (nSPS) is 12.8. The molecule has 2 aromatic heterocycles. The highest BCUT2D eigenvalue weighted by Crippen LogP contribution is 2.26. The Hall–Kier alpha value is -1.36. The van der Waals surface area contributed by atoms with Gasteiger partial charge in [-0.15, -0.1) is 11.3 Å². The van der Waals surface area contributed by atoms with Gasteiger partial charge in [-0.25, -0.2) is 4.98 Å². The number of hydrogen-bond acceptors (Lipinski definition) is 4. The van der Waals surface area contributed by atoms with Crippen molar-refractivity contribution in [2.24, 2.45) is 7.05 Å². The number of thiazole rings is 1. The molecular formula is C11H16N4S. The molecule has 4 nitrogen and oxygen atoms in total. The second-order valence-electron chi connectivity index (χ2n) is 3.92. The van der Waals surface area contributed by atoms with Crippen molar-refractivity contribution >= 4 is 17.2 Å². The molecule has 0 saturated carbocycles. The van der Waals surface area contributed by atoms with Gasteiger partial charge in [-0.1, -0.05) is 0 Å². The van der Waals surface area contributed by atoms with E-state index in [9.17, 15) is 0 Å². The van der Waals surface area contributed by atoms with E-state index in [0.29, 0.717) is 0 Å². The molecule has 0 aromatic carbocycles. The zero-order valence-corrected chi connectivity index (χ0v) is 10.8. The Kier molecular flexibility index (Phi) is 2.96. The molecule has 16 heavy (non-hydrogen) atoms. The van der Waals surface area contributed by atoms with Gasteiger partial charge >= 0.3 is 0 Å². The Labute approximate surface area is 99.3 Å². The topological polar surface area (TPSA) is 42.7 Å². The lowest BCUT2D eigenvalue weighted by molar-refractivity contribution is 0.761. The molecule has 2 aromatic rings. The summed E-state index contributed by atoms with van der Waals surface area (Å²) >= 11 is 1.74. The molecule has 0 spiro atoms. The van der Waals surface area contributed by atoms with Gasteiger partial charge in [0.05, 0.1) is 16.7 Å². The van der Waals surface area contributed by atoms with Crippen LogP contribution in [0.1, 0.15) is 28.5 Å². The summed E-state index contributed by atoms with van der Waals surface area (Å²) in [6.07, 6.45) is 1.93. The van der Waals surface area contributed by atoms with Crippen molar-refractivity contribution in [3.05, 3.63) is 27.8 Å². The monoisotopic (exact) mass is 236 g/mol. The van der Waals surface area contributed by atoms with Crippen LogP contribution in [0.15, 0.2) is 12.3 Å². The molecule has 2 rings (SSSR count). The van der Waals surface area contributed by atoms with Crippen LogP contribution >= 0.6 is 11.3 Å². The molecule has 0 fully saturated rings. The minimum atomic E-state index is 0.251. The maximum Gasteiger partial charge on any atom is 0.148 e. The summed E-state index contributed by atoms with van der Waals surface area (Å²) in [5, 5.41) is 8.79. The van der Waals surface area contributed by atoms with E-state index in [0.717, 1.165) is 16.5 Å². The third kappa shape index (κ3) is 2.24. The summed E-state index contributed by atoms with van der Waals surface area (Å²) in [6, 6.07) is 2.22. The van der Waals surface area contributed by atoms with E-state index in [2.05, 4.69) is 29.2 Å². The number of nitrogens with zero attached hydrogens (tertiary/aromatic N) is 3. The molecule has 1 atom stereocenters. The van der Waals surface area contributed by atoms with E-state index >= 15 is 0 Å². The molecule has 1 N–H and O–H groups in total. The SMILES string of the molecule is Cc1nc(C)c(C(C)Nc2ccn(C)n2)s1. The fourth-order valence-electron chi connectivity index (χ4n) is 1.73. The minimum absolute atomic E-state index is 0.251. The Morgan fingerprint density at radius 2 is 2.19 bits per heavy atom. The van der Waals surface area contributed by atoms with Crippen molar-refractivity contribution < 1.29 is 0 Å². The molecule has 0 bridgehead atoms. The van der Waals surface area contributed by atoms with E-state index in [4.69, 9.17) is 0 Å². The quantitative estimate of drug-likeness (QED) is 0.891. The van der Waals surface area contributed by atoms with E-state index < -0.39 is 0 Å². The second kappa shape index (κ2) is 4.25. The summed E-state index contributed by atoms with van der Waals surface area (Å²) in [7, 11) is 1.91. The Balaban J connectivity index is 2.14. The van der Waals surface area contributed by atoms with Crippen LogP contribution in [0.2, 0.25) is 0 Å². The first-order valence-electron chi connectivity index (χ1n) is 5.26. The molecule has 2 heterocycles. The highest BCUT2D eigenvalue weighted by Gasteiger charge is 2.13. The van der Waals surface area contributed by atoms with Crippen LogP contribution in [0, 0.1) is 13.8 Å². The number of nitrogens with one attached hydrogen (secondary N) is 1. The van der Waals surface area contributed by atoms with Crippen molar-refractivity contribution in [2.45, 2.75) is 26.8 Å². The predicted octanol–water partition coefficient (Wildman–Crippen LogP) is 2.67. The second-order valence-corrected chi connectivity index (χ2v) is 5.16. The fraction of sp³-hybridized carbons (Fsp3) is 0.455. The van der Waals surface area contributed by atoms with Crippen molar-refractivity contribution in [3.63, 3.8) is 0 Å². The molecule has 0 amide bonds. The van der Waals surface area contributed by atoms with Gasteiger partial charge in [-0.3, -0.25) is 4.68 Å². The Bertz CT molecular complexity index is 486. The third-order valence-corrected chi connectivity index (χ3v) is 3.67. The zero-order valence-electron chi connectivity index (χ0n) is 9.98. The lowest BCUT2D eigenvalue weighted by Crippen LogP contribution is -2.07. The van der Waals surface area contributed by atoms with E-state index in [1.165, 1.54) is 4.88 Å². The van der Waals surface area contributed by atoms with Crippen molar-refractivity contribution in [3.8, 4) is 0 Å². The maximum atomic E-state index is 4.43. The zero-order chi connectivity index (χ0) is 11.7. The average Bonchev–Trinajstić information content (AvgIpc) is 2.73. The van der Waals surface area contributed by atoms with Crippen LogP contribution in [0.3, 0.4) is 0 Å². The van der Waals surface area contributed by atoms with Crippen LogP contribution < -0.4 is 5.32 Å². The van der Waals surface area contributed by atoms with Gasteiger partial charge in [0.1, 0.15) is 5.82 Å². The molecule has 1 unspecified atom stereocenters. The maximum absolute atomic E-state index is 4.43. The van der Waals surface area contributed by atoms with E-state index in [1.54, 1.807) is 16.0 Å². The summed E-state index contributed by atoms with van der Waals surface area (Å²) in [5.74, 6) is 0.903. The number of aromatic nitrogens is 3. The van der Waals surface area contributed by atoms with Gasteiger partial charge < -0.3 is 5.32 Å². The molecule has 0 aliphatic rings. The number of rotatable bonds is 3. The fourth-order valence-corrected chi connectivity index (χ4v) is 2.66. The van der Waals surface area contributed by atoms with Crippen LogP contribution in [-0.4, -0.2) is 14.8 Å². The molecule has 5 heteroatoms. The van der Waals surface area contributed by atoms with Gasteiger partial charge in [0.25, 0.3) is 0 Å². The summed E-state index contributed by atoms with van der Waals surface area (Å²) in [4.78, 5) is 5.71. The highest BCUT2D eigenvalue weighted by molar-refractivity contribution is 7.11. The average molecular weight is 236 g/mol. The van der Waals surface area contributed by atoms with Gasteiger partial charge in [0, 0.05) is 24.2 Å². The summed E-state index contributed by atoms with van der Waals surface area (Å²) in [6.45, 7) is 6.22. The van der Waals surface area contributed by atoms with Crippen molar-refractivity contribution in [2.75, 3.05) is 5.32 Å². The lowest BCUT2D eigenvalue weighted by Gasteiger charge is -2.11. The van der Waals surface area contributed by atoms with Crippen LogP contribution in [0.4, 0.5) is 5.82 Å². The smallest absolute Gasteiger partial charge is 0.148 e. The van der Waals surface area contributed by atoms with Crippen LogP contribution in [-0.2, 0) is 7.05 Å². The van der Waals surface area contributed by atoms with Crippen molar-refractivity contribution in [1.82, 2.24) is 14.8 Å². The minimum Gasteiger partial charge on any atom is -0.361 e. The number of hydrogen-bond donors (Lipinski definition) is 1. The summed E-state index contributed by atoms with van der Waals surface area (Å²) in [5.41, 5.74) is 1.11. The molecular weight excluding hydrogens is 220 g/mol. The molecule has 86 valence electrons. The number of aryl methyl sites for hydroxylation is 3. The van der Waals surface area contributed by atoms with E-state index in [-0.39, 0.29) is 6.04 Å². The standard InChI is InChI=1S/C11H16N4S/c1-7-11(16-9(3)12-7)8(2)13-10-5-6-15(4)14-10/h5-6,8H,1-4H3,(H,13,14). The highest BCUT2D eigenvalue weighted by atomic mass is 32.1. The number of anilines is 1. The van der Waals surface area contributed by atoms with E-state index in [1.807, 2.05) is 26.2 Å². The van der Waals surface area contributed by atoms with Crippen LogP contribution in [0.25, 0.3) is 0 Å². The van der Waals surface area contributed by atoms with Gasteiger partial charge in [0.2, 0.25) is 0 Å². The molecule has 0 aliphatic carbocycles. The largest absolute Gasteiger partial charge is 0.361 e. The van der Waals surface area contributed by atoms with Crippen molar-refractivity contribution in [1.29, 1.82) is 0 Å². The molecule has 0 aliphatic heterocycles. The third-order valence-electron chi connectivity index (χ3n) is 2.41. The first kappa shape index (κ1) is 11.1. The van der Waals surface area contributed by atoms with Crippen LogP contribution in [0.5, 0.6) is 0 Å². The predicted molar refractivity (Wildman–Crippen MR) is 66.8 cm³/mol. The summed E-state index contributed by atoms with van der Waals surface area (Å²) < 4.78 is 1.79. The van der Waals surface area contributed by atoms with Gasteiger partial charge in [-0.05, 0) is 20.8 Å². The molecule has 0 radical (unpaired) electrons.